The van der Waals surface area contributed by atoms with Gasteiger partial charge in [0.2, 0.25) is 5.75 Å². The fraction of sp³-hybridized carbons (Fsp3) is 0.286. The van der Waals surface area contributed by atoms with Crippen molar-refractivity contribution >= 4 is 16.9 Å². The number of aryl methyl sites for hydroxylation is 2. The molecule has 7 nitrogen and oxygen atoms in total. The van der Waals surface area contributed by atoms with Crippen molar-refractivity contribution in [1.29, 1.82) is 0 Å². The zero-order chi connectivity index (χ0) is 24.8. The van der Waals surface area contributed by atoms with E-state index >= 15 is 0 Å². The molecule has 1 aromatic heterocycles. The number of carbonyl (C=O) groups is 1. The number of rotatable bonds is 10. The van der Waals surface area contributed by atoms with Gasteiger partial charge in [-0.2, -0.15) is 0 Å². The number of methoxy groups -OCH3 is 3. The number of carbonyl (C=O) groups excluding carboxylic acids is 1. The first kappa shape index (κ1) is 24.1. The van der Waals surface area contributed by atoms with E-state index in [1.54, 1.807) is 12.1 Å². The van der Waals surface area contributed by atoms with Crippen LogP contribution >= 0.6 is 0 Å². The zero-order valence-corrected chi connectivity index (χ0v) is 20.6. The Hall–Kier alpha value is -4.00. The van der Waals surface area contributed by atoms with E-state index in [2.05, 4.69) is 47.1 Å². The Morgan fingerprint density at radius 3 is 2.31 bits per heavy atom. The van der Waals surface area contributed by atoms with Crippen molar-refractivity contribution in [3.63, 3.8) is 0 Å². The first-order chi connectivity index (χ1) is 17.0. The van der Waals surface area contributed by atoms with Crippen LogP contribution in [0.1, 0.15) is 33.7 Å². The number of aromatic nitrogens is 2. The van der Waals surface area contributed by atoms with E-state index < -0.39 is 0 Å². The van der Waals surface area contributed by atoms with E-state index in [0.29, 0.717) is 29.4 Å². The molecule has 0 radical (unpaired) electrons. The first-order valence-corrected chi connectivity index (χ1v) is 11.6. The molecule has 0 aliphatic rings. The number of imidazole rings is 1. The van der Waals surface area contributed by atoms with E-state index in [1.807, 2.05) is 18.2 Å². The second-order valence-corrected chi connectivity index (χ2v) is 8.30. The smallest absolute Gasteiger partial charge is 0.251 e. The summed E-state index contributed by atoms with van der Waals surface area (Å²) in [4.78, 5) is 17.7. The number of ether oxygens (including phenoxy) is 3. The summed E-state index contributed by atoms with van der Waals surface area (Å²) in [6.07, 6.45) is 1.50. The summed E-state index contributed by atoms with van der Waals surface area (Å²) < 4.78 is 18.3. The predicted molar refractivity (Wildman–Crippen MR) is 137 cm³/mol. The van der Waals surface area contributed by atoms with Crippen molar-refractivity contribution in [2.45, 2.75) is 26.3 Å². The summed E-state index contributed by atoms with van der Waals surface area (Å²) >= 11 is 0. The van der Waals surface area contributed by atoms with Gasteiger partial charge in [-0.15, -0.1) is 0 Å². The molecule has 4 aromatic rings. The van der Waals surface area contributed by atoms with Gasteiger partial charge in [0.25, 0.3) is 5.91 Å². The summed E-state index contributed by atoms with van der Waals surface area (Å²) in [5.74, 6) is 2.16. The standard InChI is InChI=1S/C28H31N3O4/c1-19-10-5-6-11-20(19)18-31-23-13-8-7-12-22(23)30-26(31)14-9-15-29-28(32)21-16-24(33-2)27(35-4)25(17-21)34-3/h5-8,10-13,16-17H,9,14-15,18H2,1-4H3,(H,29,32). The largest absolute Gasteiger partial charge is 0.493 e. The van der Waals surface area contributed by atoms with Crippen molar-refractivity contribution in [1.82, 2.24) is 14.9 Å². The van der Waals surface area contributed by atoms with E-state index in [0.717, 1.165) is 36.2 Å². The number of fused-ring (bicyclic) bond motifs is 1. The van der Waals surface area contributed by atoms with Crippen LogP contribution in [-0.2, 0) is 13.0 Å². The molecule has 7 heteroatoms. The van der Waals surface area contributed by atoms with Gasteiger partial charge in [0, 0.05) is 25.1 Å². The van der Waals surface area contributed by atoms with E-state index in [4.69, 9.17) is 19.2 Å². The van der Waals surface area contributed by atoms with Crippen LogP contribution in [-0.4, -0.2) is 43.3 Å². The van der Waals surface area contributed by atoms with Crippen LogP contribution < -0.4 is 19.5 Å². The van der Waals surface area contributed by atoms with Crippen LogP contribution in [0, 0.1) is 6.92 Å². The summed E-state index contributed by atoms with van der Waals surface area (Å²) in [5.41, 5.74) is 5.08. The maximum atomic E-state index is 12.8. The van der Waals surface area contributed by atoms with Crippen molar-refractivity contribution < 1.29 is 19.0 Å². The van der Waals surface area contributed by atoms with Gasteiger partial charge in [0.15, 0.2) is 11.5 Å². The minimum absolute atomic E-state index is 0.197. The molecular formula is C28H31N3O4. The molecule has 0 fully saturated rings. The van der Waals surface area contributed by atoms with Crippen LogP contribution in [0.2, 0.25) is 0 Å². The lowest BCUT2D eigenvalue weighted by atomic mass is 10.1. The molecule has 0 saturated carbocycles. The molecule has 0 aliphatic heterocycles. The van der Waals surface area contributed by atoms with Gasteiger partial charge in [-0.3, -0.25) is 4.79 Å². The minimum Gasteiger partial charge on any atom is -0.493 e. The maximum Gasteiger partial charge on any atom is 0.251 e. The quantitative estimate of drug-likeness (QED) is 0.336. The SMILES string of the molecule is COc1cc(C(=O)NCCCc2nc3ccccc3n2Cc2ccccc2C)cc(OC)c1OC. The number of benzene rings is 3. The average molecular weight is 474 g/mol. The molecule has 0 spiro atoms. The van der Waals surface area contributed by atoms with Gasteiger partial charge < -0.3 is 24.1 Å². The maximum absolute atomic E-state index is 12.8. The molecule has 0 bridgehead atoms. The molecule has 35 heavy (non-hydrogen) atoms. The van der Waals surface area contributed by atoms with Gasteiger partial charge in [0.05, 0.1) is 32.4 Å². The number of hydrogen-bond acceptors (Lipinski definition) is 5. The van der Waals surface area contributed by atoms with E-state index in [-0.39, 0.29) is 5.91 Å². The molecule has 1 heterocycles. The monoisotopic (exact) mass is 473 g/mol. The molecular weight excluding hydrogens is 442 g/mol. The number of nitrogens with zero attached hydrogens (tertiary/aromatic N) is 2. The predicted octanol–water partition coefficient (Wildman–Crippen LogP) is 4.78. The molecule has 3 aromatic carbocycles. The fourth-order valence-electron chi connectivity index (χ4n) is 4.21. The molecule has 0 saturated heterocycles. The molecule has 182 valence electrons. The van der Waals surface area contributed by atoms with Gasteiger partial charge in [0.1, 0.15) is 5.82 Å². The Bertz CT molecular complexity index is 1300. The fourth-order valence-corrected chi connectivity index (χ4v) is 4.21. The van der Waals surface area contributed by atoms with E-state index in [9.17, 15) is 4.79 Å². The van der Waals surface area contributed by atoms with Crippen LogP contribution in [0.15, 0.2) is 60.7 Å². The Balaban J connectivity index is 1.45. The number of amides is 1. The highest BCUT2D eigenvalue weighted by atomic mass is 16.5. The lowest BCUT2D eigenvalue weighted by Gasteiger charge is -2.14. The Morgan fingerprint density at radius 2 is 1.63 bits per heavy atom. The Kier molecular flexibility index (Phi) is 7.55. The third-order valence-corrected chi connectivity index (χ3v) is 6.11. The van der Waals surface area contributed by atoms with Gasteiger partial charge in [-0.25, -0.2) is 4.98 Å². The molecule has 0 aliphatic carbocycles. The third kappa shape index (κ3) is 5.24. The Morgan fingerprint density at radius 1 is 0.943 bits per heavy atom. The van der Waals surface area contributed by atoms with Crippen LogP contribution in [0.25, 0.3) is 11.0 Å². The lowest BCUT2D eigenvalue weighted by Crippen LogP contribution is -2.25. The number of nitrogens with one attached hydrogen (secondary N) is 1. The minimum atomic E-state index is -0.197. The van der Waals surface area contributed by atoms with Gasteiger partial charge >= 0.3 is 0 Å². The summed E-state index contributed by atoms with van der Waals surface area (Å²) in [5, 5.41) is 2.99. The van der Waals surface area contributed by atoms with E-state index in [1.165, 1.54) is 32.5 Å². The normalized spacial score (nSPS) is 10.9. The molecule has 0 unspecified atom stereocenters. The second kappa shape index (κ2) is 11.0. The van der Waals surface area contributed by atoms with Gasteiger partial charge in [-0.05, 0) is 48.7 Å². The van der Waals surface area contributed by atoms with Crippen LogP contribution in [0.5, 0.6) is 17.2 Å². The summed E-state index contributed by atoms with van der Waals surface area (Å²) in [6, 6.07) is 19.9. The van der Waals surface area contributed by atoms with Crippen LogP contribution in [0.3, 0.4) is 0 Å². The summed E-state index contributed by atoms with van der Waals surface area (Å²) in [7, 11) is 4.59. The lowest BCUT2D eigenvalue weighted by molar-refractivity contribution is 0.0952. The molecule has 4 rings (SSSR count). The second-order valence-electron chi connectivity index (χ2n) is 8.30. The van der Waals surface area contributed by atoms with Crippen LogP contribution in [0.4, 0.5) is 0 Å². The molecule has 1 amide bonds. The third-order valence-electron chi connectivity index (χ3n) is 6.11. The highest BCUT2D eigenvalue weighted by Gasteiger charge is 2.17. The first-order valence-electron chi connectivity index (χ1n) is 11.6. The number of para-hydroxylation sites is 2. The molecule has 1 N–H and O–H groups in total. The van der Waals surface area contributed by atoms with Crippen molar-refractivity contribution in [3.8, 4) is 17.2 Å². The highest BCUT2D eigenvalue weighted by Crippen LogP contribution is 2.38. The van der Waals surface area contributed by atoms with Crippen molar-refractivity contribution in [3.05, 3.63) is 83.2 Å². The Labute approximate surface area is 205 Å². The van der Waals surface area contributed by atoms with Gasteiger partial charge in [-0.1, -0.05) is 36.4 Å². The molecule has 0 atom stereocenters. The highest BCUT2D eigenvalue weighted by molar-refractivity contribution is 5.95. The summed E-state index contributed by atoms with van der Waals surface area (Å²) in [6.45, 7) is 3.41. The zero-order valence-electron chi connectivity index (χ0n) is 20.6. The number of hydrogen-bond donors (Lipinski definition) is 1. The topological polar surface area (TPSA) is 74.6 Å². The average Bonchev–Trinajstić information content (AvgIpc) is 3.23. The van der Waals surface area contributed by atoms with Crippen molar-refractivity contribution in [2.75, 3.05) is 27.9 Å². The van der Waals surface area contributed by atoms with Crippen molar-refractivity contribution in [2.24, 2.45) is 0 Å².